The van der Waals surface area contributed by atoms with Gasteiger partial charge in [-0.15, -0.1) is 0 Å². The Labute approximate surface area is 79.1 Å². The predicted molar refractivity (Wildman–Crippen MR) is 49.2 cm³/mol. The monoisotopic (exact) mass is 190 g/mol. The first-order valence-corrected chi connectivity index (χ1v) is 4.92. The summed E-state index contributed by atoms with van der Waals surface area (Å²) in [5.41, 5.74) is 0. The fourth-order valence-corrected chi connectivity index (χ4v) is 1.79. The topological polar surface area (TPSA) is 29.5 Å². The Hall–Kier alpha value is -0.150. The van der Waals surface area contributed by atoms with E-state index in [9.17, 15) is 9.50 Å². The number of aliphatic hydroxyl groups is 1. The van der Waals surface area contributed by atoms with Gasteiger partial charge in [-0.2, -0.15) is 0 Å². The number of hydrogen-bond acceptors (Lipinski definition) is 2. The van der Waals surface area contributed by atoms with E-state index in [2.05, 4.69) is 0 Å². The van der Waals surface area contributed by atoms with Gasteiger partial charge in [0.05, 0.1) is 12.2 Å². The number of ether oxygens (including phenoxy) is 1. The van der Waals surface area contributed by atoms with Crippen LogP contribution in [0.25, 0.3) is 0 Å². The van der Waals surface area contributed by atoms with Gasteiger partial charge in [-0.1, -0.05) is 27.7 Å². The fourth-order valence-electron chi connectivity index (χ4n) is 1.79. The molecule has 2 nitrogen and oxygen atoms in total. The minimum Gasteiger partial charge on any atom is -0.387 e. The van der Waals surface area contributed by atoms with Gasteiger partial charge in [-0.3, -0.25) is 0 Å². The molecule has 1 aliphatic heterocycles. The molecule has 0 aromatic heterocycles. The van der Waals surface area contributed by atoms with Crippen molar-refractivity contribution in [1.29, 1.82) is 0 Å². The molecular formula is C10H19FO2. The van der Waals surface area contributed by atoms with Crippen LogP contribution < -0.4 is 0 Å². The Bertz CT molecular complexity index is 152. The van der Waals surface area contributed by atoms with Gasteiger partial charge in [-0.05, 0) is 11.8 Å². The highest BCUT2D eigenvalue weighted by atomic mass is 19.1. The number of rotatable bonds is 2. The second-order valence-corrected chi connectivity index (χ2v) is 4.49. The molecule has 4 atom stereocenters. The maximum absolute atomic E-state index is 13.5. The number of halogens is 1. The third-order valence-corrected chi connectivity index (χ3v) is 2.61. The standard InChI is InChI=1S/C10H19FO2/c1-5(2)9-7(11)8(12)10(13-9)6(3)4/h5-10,12H,1-4H3/t7-,8-,9-,10+/m1/s1. The smallest absolute Gasteiger partial charge is 0.155 e. The summed E-state index contributed by atoms with van der Waals surface area (Å²) >= 11 is 0. The molecule has 0 aromatic carbocycles. The van der Waals surface area contributed by atoms with Crippen LogP contribution in [0.3, 0.4) is 0 Å². The van der Waals surface area contributed by atoms with Crippen LogP contribution in [-0.4, -0.2) is 29.6 Å². The van der Waals surface area contributed by atoms with Crippen LogP contribution in [-0.2, 0) is 4.74 Å². The van der Waals surface area contributed by atoms with E-state index >= 15 is 0 Å². The van der Waals surface area contributed by atoms with E-state index in [0.29, 0.717) is 0 Å². The molecule has 1 saturated heterocycles. The molecule has 1 aliphatic rings. The van der Waals surface area contributed by atoms with Crippen molar-refractivity contribution in [1.82, 2.24) is 0 Å². The second-order valence-electron chi connectivity index (χ2n) is 4.49. The molecule has 1 fully saturated rings. The average Bonchev–Trinajstić information content (AvgIpc) is 2.29. The largest absolute Gasteiger partial charge is 0.387 e. The maximum Gasteiger partial charge on any atom is 0.155 e. The van der Waals surface area contributed by atoms with Crippen molar-refractivity contribution in [3.05, 3.63) is 0 Å². The summed E-state index contributed by atoms with van der Waals surface area (Å²) in [4.78, 5) is 0. The van der Waals surface area contributed by atoms with E-state index in [-0.39, 0.29) is 17.9 Å². The Morgan fingerprint density at radius 1 is 1.08 bits per heavy atom. The third kappa shape index (κ3) is 2.02. The summed E-state index contributed by atoms with van der Waals surface area (Å²) in [5, 5.41) is 9.55. The molecule has 13 heavy (non-hydrogen) atoms. The minimum atomic E-state index is -1.23. The zero-order valence-electron chi connectivity index (χ0n) is 8.70. The summed E-state index contributed by atoms with van der Waals surface area (Å²) in [6.07, 6.45) is -2.97. The lowest BCUT2D eigenvalue weighted by Crippen LogP contribution is -2.32. The molecule has 0 saturated carbocycles. The third-order valence-electron chi connectivity index (χ3n) is 2.61. The summed E-state index contributed by atoms with van der Waals surface area (Å²) < 4.78 is 19.0. The molecule has 0 aliphatic carbocycles. The van der Waals surface area contributed by atoms with Gasteiger partial charge < -0.3 is 9.84 Å². The highest BCUT2D eigenvalue weighted by Gasteiger charge is 2.46. The Morgan fingerprint density at radius 3 is 1.77 bits per heavy atom. The maximum atomic E-state index is 13.5. The van der Waals surface area contributed by atoms with Crippen molar-refractivity contribution in [3.63, 3.8) is 0 Å². The number of hydrogen-bond donors (Lipinski definition) is 1. The summed E-state index contributed by atoms with van der Waals surface area (Å²) in [5.74, 6) is 0.283. The van der Waals surface area contributed by atoms with Gasteiger partial charge in [0.25, 0.3) is 0 Å². The van der Waals surface area contributed by atoms with E-state index in [1.165, 1.54) is 0 Å². The van der Waals surface area contributed by atoms with Crippen LogP contribution in [0, 0.1) is 11.8 Å². The fraction of sp³-hybridized carbons (Fsp3) is 1.00. The lowest BCUT2D eigenvalue weighted by atomic mass is 9.97. The van der Waals surface area contributed by atoms with Crippen LogP contribution in [0.15, 0.2) is 0 Å². The minimum absolute atomic E-state index is 0.119. The molecular weight excluding hydrogens is 171 g/mol. The van der Waals surface area contributed by atoms with Gasteiger partial charge in [0.15, 0.2) is 6.17 Å². The van der Waals surface area contributed by atoms with Crippen molar-refractivity contribution < 1.29 is 14.2 Å². The van der Waals surface area contributed by atoms with Crippen molar-refractivity contribution >= 4 is 0 Å². The molecule has 0 aromatic rings. The molecule has 0 amide bonds. The normalized spacial score (nSPS) is 40.6. The average molecular weight is 190 g/mol. The van der Waals surface area contributed by atoms with E-state index in [1.54, 1.807) is 0 Å². The van der Waals surface area contributed by atoms with Gasteiger partial charge in [0, 0.05) is 0 Å². The van der Waals surface area contributed by atoms with Gasteiger partial charge in [0.1, 0.15) is 6.10 Å². The molecule has 78 valence electrons. The molecule has 1 heterocycles. The van der Waals surface area contributed by atoms with Crippen LogP contribution in [0.2, 0.25) is 0 Å². The first-order valence-electron chi connectivity index (χ1n) is 4.92. The Kier molecular flexibility index (Phi) is 3.30. The van der Waals surface area contributed by atoms with Crippen molar-refractivity contribution in [3.8, 4) is 0 Å². The SMILES string of the molecule is CC(C)[C@H]1O[C@@H](C(C)C)[C@H](O)[C@H]1F. The highest BCUT2D eigenvalue weighted by molar-refractivity contribution is 4.93. The van der Waals surface area contributed by atoms with E-state index in [0.717, 1.165) is 0 Å². The predicted octanol–water partition coefficient (Wildman–Crippen LogP) is 1.76. The van der Waals surface area contributed by atoms with Crippen LogP contribution in [0.4, 0.5) is 4.39 Å². The molecule has 0 radical (unpaired) electrons. The number of aliphatic hydroxyl groups excluding tert-OH is 1. The summed E-state index contributed by atoms with van der Waals surface area (Å²) in [6.45, 7) is 7.69. The summed E-state index contributed by atoms with van der Waals surface area (Å²) in [7, 11) is 0. The van der Waals surface area contributed by atoms with E-state index < -0.39 is 18.4 Å². The van der Waals surface area contributed by atoms with Crippen molar-refractivity contribution in [2.24, 2.45) is 11.8 Å². The molecule has 0 spiro atoms. The Balaban J connectivity index is 2.66. The van der Waals surface area contributed by atoms with Gasteiger partial charge in [0.2, 0.25) is 0 Å². The quantitative estimate of drug-likeness (QED) is 0.719. The molecule has 1 rings (SSSR count). The zero-order valence-corrected chi connectivity index (χ0v) is 8.70. The van der Waals surface area contributed by atoms with Crippen LogP contribution in [0.5, 0.6) is 0 Å². The van der Waals surface area contributed by atoms with Crippen LogP contribution in [0.1, 0.15) is 27.7 Å². The highest BCUT2D eigenvalue weighted by Crippen LogP contribution is 2.32. The molecule has 0 unspecified atom stereocenters. The van der Waals surface area contributed by atoms with Crippen molar-refractivity contribution in [2.75, 3.05) is 0 Å². The summed E-state index contributed by atoms with van der Waals surface area (Å²) in [6, 6.07) is 0. The molecule has 0 bridgehead atoms. The van der Waals surface area contributed by atoms with E-state index in [1.807, 2.05) is 27.7 Å². The van der Waals surface area contributed by atoms with Crippen molar-refractivity contribution in [2.45, 2.75) is 52.2 Å². The lowest BCUT2D eigenvalue weighted by molar-refractivity contribution is -0.0310. The lowest BCUT2D eigenvalue weighted by Gasteiger charge is -2.18. The molecule has 3 heteroatoms. The Morgan fingerprint density at radius 2 is 1.54 bits per heavy atom. The van der Waals surface area contributed by atoms with Gasteiger partial charge >= 0.3 is 0 Å². The van der Waals surface area contributed by atoms with Gasteiger partial charge in [-0.25, -0.2) is 4.39 Å². The zero-order chi connectivity index (χ0) is 10.2. The van der Waals surface area contributed by atoms with E-state index in [4.69, 9.17) is 4.74 Å². The van der Waals surface area contributed by atoms with Crippen LogP contribution >= 0.6 is 0 Å². The first-order chi connectivity index (χ1) is 5.95. The molecule has 1 N–H and O–H groups in total. The number of alkyl halides is 1. The first kappa shape index (κ1) is 10.9. The second kappa shape index (κ2) is 3.93.